The van der Waals surface area contributed by atoms with Gasteiger partial charge in [-0.15, -0.1) is 0 Å². The average Bonchev–Trinajstić information content (AvgIpc) is 2.53. The molecule has 3 rings (SSSR count). The summed E-state index contributed by atoms with van der Waals surface area (Å²) >= 11 is 0. The van der Waals surface area contributed by atoms with Crippen molar-refractivity contribution < 1.29 is 9.90 Å². The summed E-state index contributed by atoms with van der Waals surface area (Å²) in [5, 5.41) is 10.1. The quantitative estimate of drug-likeness (QED) is 0.723. The lowest BCUT2D eigenvalue weighted by molar-refractivity contribution is 0.0699. The third-order valence-corrected chi connectivity index (χ3v) is 3.71. The standard InChI is InChI=1S/C18H16N2O2/c19-16-7-3-1-5-12(16)9-10-13-11-15(18(21)22)14-6-2-4-8-17(14)20-13/h1-8,11H,9-10,19H2,(H,21,22). The predicted octanol–water partition coefficient (Wildman–Crippen LogP) is 3.30. The molecular formula is C18H16N2O2. The minimum Gasteiger partial charge on any atom is -0.478 e. The van der Waals surface area contributed by atoms with E-state index < -0.39 is 5.97 Å². The first-order valence-corrected chi connectivity index (χ1v) is 7.10. The van der Waals surface area contributed by atoms with Crippen molar-refractivity contribution in [2.24, 2.45) is 0 Å². The van der Waals surface area contributed by atoms with Crippen LogP contribution in [0.2, 0.25) is 0 Å². The number of nitrogens with two attached hydrogens (primary N) is 1. The van der Waals surface area contributed by atoms with Crippen LogP contribution in [0.25, 0.3) is 10.9 Å². The van der Waals surface area contributed by atoms with E-state index in [1.54, 1.807) is 12.1 Å². The van der Waals surface area contributed by atoms with Crippen LogP contribution < -0.4 is 5.73 Å². The monoisotopic (exact) mass is 292 g/mol. The summed E-state index contributed by atoms with van der Waals surface area (Å²) < 4.78 is 0. The number of benzene rings is 2. The van der Waals surface area contributed by atoms with Crippen molar-refractivity contribution in [2.75, 3.05) is 5.73 Å². The maximum atomic E-state index is 11.4. The van der Waals surface area contributed by atoms with Crippen LogP contribution in [0.1, 0.15) is 21.6 Å². The van der Waals surface area contributed by atoms with Crippen molar-refractivity contribution in [2.45, 2.75) is 12.8 Å². The van der Waals surface area contributed by atoms with E-state index in [1.165, 1.54) is 0 Å². The molecule has 0 amide bonds. The molecule has 0 aliphatic carbocycles. The van der Waals surface area contributed by atoms with Gasteiger partial charge in [0.05, 0.1) is 11.1 Å². The number of aromatic nitrogens is 1. The molecule has 0 bridgehead atoms. The van der Waals surface area contributed by atoms with Crippen molar-refractivity contribution in [3.05, 3.63) is 71.4 Å². The van der Waals surface area contributed by atoms with Gasteiger partial charge in [-0.2, -0.15) is 0 Å². The number of fused-ring (bicyclic) bond motifs is 1. The third kappa shape index (κ3) is 2.76. The summed E-state index contributed by atoms with van der Waals surface area (Å²) in [7, 11) is 0. The van der Waals surface area contributed by atoms with E-state index in [1.807, 2.05) is 42.5 Å². The van der Waals surface area contributed by atoms with Gasteiger partial charge < -0.3 is 10.8 Å². The maximum Gasteiger partial charge on any atom is 0.336 e. The van der Waals surface area contributed by atoms with E-state index in [4.69, 9.17) is 5.73 Å². The summed E-state index contributed by atoms with van der Waals surface area (Å²) in [5.74, 6) is -0.931. The summed E-state index contributed by atoms with van der Waals surface area (Å²) in [5.41, 5.74) is 9.50. The molecule has 4 heteroatoms. The lowest BCUT2D eigenvalue weighted by atomic mass is 10.0. The van der Waals surface area contributed by atoms with E-state index in [0.29, 0.717) is 22.9 Å². The zero-order valence-electron chi connectivity index (χ0n) is 12.0. The van der Waals surface area contributed by atoms with Crippen LogP contribution in [0.15, 0.2) is 54.6 Å². The van der Waals surface area contributed by atoms with E-state index in [9.17, 15) is 9.90 Å². The molecule has 0 saturated heterocycles. The van der Waals surface area contributed by atoms with Crippen molar-refractivity contribution in [3.8, 4) is 0 Å². The van der Waals surface area contributed by atoms with Crippen LogP contribution in [0.5, 0.6) is 0 Å². The normalized spacial score (nSPS) is 10.7. The van der Waals surface area contributed by atoms with E-state index in [0.717, 1.165) is 23.4 Å². The second-order valence-corrected chi connectivity index (χ2v) is 5.18. The minimum atomic E-state index is -0.931. The number of rotatable bonds is 4. The third-order valence-electron chi connectivity index (χ3n) is 3.71. The van der Waals surface area contributed by atoms with Gasteiger partial charge in [0.25, 0.3) is 0 Å². The second kappa shape index (κ2) is 5.85. The summed E-state index contributed by atoms with van der Waals surface area (Å²) in [6, 6.07) is 16.6. The molecule has 22 heavy (non-hydrogen) atoms. The van der Waals surface area contributed by atoms with Gasteiger partial charge in [0.15, 0.2) is 0 Å². The van der Waals surface area contributed by atoms with Crippen LogP contribution in [0, 0.1) is 0 Å². The molecule has 0 saturated carbocycles. The number of para-hydroxylation sites is 2. The molecule has 0 fully saturated rings. The van der Waals surface area contributed by atoms with Gasteiger partial charge >= 0.3 is 5.97 Å². The largest absolute Gasteiger partial charge is 0.478 e. The minimum absolute atomic E-state index is 0.293. The van der Waals surface area contributed by atoms with Crippen LogP contribution in [-0.4, -0.2) is 16.1 Å². The maximum absolute atomic E-state index is 11.4. The molecule has 3 aromatic rings. The van der Waals surface area contributed by atoms with Gasteiger partial charge in [-0.1, -0.05) is 36.4 Å². The highest BCUT2D eigenvalue weighted by molar-refractivity contribution is 6.02. The lowest BCUT2D eigenvalue weighted by Crippen LogP contribution is -2.04. The summed E-state index contributed by atoms with van der Waals surface area (Å²) in [6.07, 6.45) is 1.39. The number of nitrogen functional groups attached to an aromatic ring is 1. The van der Waals surface area contributed by atoms with Crippen molar-refractivity contribution in [1.82, 2.24) is 4.98 Å². The average molecular weight is 292 g/mol. The Balaban J connectivity index is 1.94. The Hall–Kier alpha value is -2.88. The van der Waals surface area contributed by atoms with Crippen LogP contribution in [0.3, 0.4) is 0 Å². The van der Waals surface area contributed by atoms with E-state index in [-0.39, 0.29) is 0 Å². The first kappa shape index (κ1) is 14.1. The Kier molecular flexibility index (Phi) is 3.74. The molecule has 4 nitrogen and oxygen atoms in total. The number of pyridine rings is 1. The van der Waals surface area contributed by atoms with E-state index in [2.05, 4.69) is 4.98 Å². The van der Waals surface area contributed by atoms with Gasteiger partial charge in [0.2, 0.25) is 0 Å². The number of nitrogens with zero attached hydrogens (tertiary/aromatic N) is 1. The highest BCUT2D eigenvalue weighted by Crippen LogP contribution is 2.20. The number of carboxylic acids is 1. The van der Waals surface area contributed by atoms with Gasteiger partial charge in [0, 0.05) is 16.8 Å². The predicted molar refractivity (Wildman–Crippen MR) is 87.0 cm³/mol. The number of carboxylic acid groups (broad SMARTS) is 1. The van der Waals surface area contributed by atoms with Crippen LogP contribution >= 0.6 is 0 Å². The van der Waals surface area contributed by atoms with E-state index >= 15 is 0 Å². The number of anilines is 1. The number of hydrogen-bond donors (Lipinski definition) is 2. The molecule has 0 aliphatic rings. The van der Waals surface area contributed by atoms with Crippen LogP contribution in [0.4, 0.5) is 5.69 Å². The molecule has 1 heterocycles. The number of aryl methyl sites for hydroxylation is 2. The Labute approximate surface area is 128 Å². The van der Waals surface area contributed by atoms with Gasteiger partial charge in [-0.3, -0.25) is 4.98 Å². The molecule has 0 aliphatic heterocycles. The zero-order chi connectivity index (χ0) is 15.5. The number of hydrogen-bond acceptors (Lipinski definition) is 3. The smallest absolute Gasteiger partial charge is 0.336 e. The van der Waals surface area contributed by atoms with Gasteiger partial charge in [0.1, 0.15) is 0 Å². The van der Waals surface area contributed by atoms with Crippen molar-refractivity contribution in [1.29, 1.82) is 0 Å². The Morgan fingerprint density at radius 1 is 1.05 bits per heavy atom. The number of aromatic carboxylic acids is 1. The molecule has 0 atom stereocenters. The molecule has 0 radical (unpaired) electrons. The Bertz CT molecular complexity index is 843. The molecule has 2 aromatic carbocycles. The Morgan fingerprint density at radius 3 is 2.55 bits per heavy atom. The fraction of sp³-hybridized carbons (Fsp3) is 0.111. The first-order chi connectivity index (χ1) is 10.6. The molecule has 0 unspecified atom stereocenters. The fourth-order valence-corrected chi connectivity index (χ4v) is 2.56. The van der Waals surface area contributed by atoms with Gasteiger partial charge in [-0.25, -0.2) is 4.79 Å². The van der Waals surface area contributed by atoms with Crippen molar-refractivity contribution in [3.63, 3.8) is 0 Å². The molecule has 1 aromatic heterocycles. The van der Waals surface area contributed by atoms with Crippen LogP contribution in [-0.2, 0) is 12.8 Å². The fourth-order valence-electron chi connectivity index (χ4n) is 2.56. The highest BCUT2D eigenvalue weighted by atomic mass is 16.4. The first-order valence-electron chi connectivity index (χ1n) is 7.10. The summed E-state index contributed by atoms with van der Waals surface area (Å²) in [6.45, 7) is 0. The van der Waals surface area contributed by atoms with Crippen molar-refractivity contribution >= 4 is 22.6 Å². The zero-order valence-corrected chi connectivity index (χ0v) is 12.0. The summed E-state index contributed by atoms with van der Waals surface area (Å²) in [4.78, 5) is 16.0. The van der Waals surface area contributed by atoms with Gasteiger partial charge in [-0.05, 0) is 36.6 Å². The lowest BCUT2D eigenvalue weighted by Gasteiger charge is -2.08. The number of carbonyl (C=O) groups is 1. The molecular weight excluding hydrogens is 276 g/mol. The second-order valence-electron chi connectivity index (χ2n) is 5.18. The molecule has 110 valence electrons. The molecule has 0 spiro atoms. The topological polar surface area (TPSA) is 76.2 Å². The molecule has 3 N–H and O–H groups in total. The highest BCUT2D eigenvalue weighted by Gasteiger charge is 2.11. The SMILES string of the molecule is Nc1ccccc1CCc1cc(C(=O)O)c2ccccc2n1. The Morgan fingerprint density at radius 2 is 1.77 bits per heavy atom.